The maximum Gasteiger partial charge on any atom is 0.0409 e. The lowest BCUT2D eigenvalue weighted by molar-refractivity contribution is 0.0537. The van der Waals surface area contributed by atoms with E-state index < -0.39 is 0 Å². The van der Waals surface area contributed by atoms with Crippen molar-refractivity contribution in [3.63, 3.8) is 0 Å². The third kappa shape index (κ3) is 2.96. The number of nitrogens with two attached hydrogens (primary N) is 1. The number of hydrogen-bond donors (Lipinski definition) is 1. The summed E-state index contributed by atoms with van der Waals surface area (Å²) in [5.74, 6) is 0.839. The van der Waals surface area contributed by atoms with Crippen LogP contribution in [-0.2, 0) is 0 Å². The van der Waals surface area contributed by atoms with Crippen molar-refractivity contribution >= 4 is 0 Å². The van der Waals surface area contributed by atoms with Gasteiger partial charge in [-0.05, 0) is 18.8 Å². The molecule has 2 N–H and O–H groups in total. The number of likely N-dealkylation sites (tertiary alicyclic amines) is 1. The largest absolute Gasteiger partial charge is 0.323 e. The molecule has 1 saturated heterocycles. The van der Waals surface area contributed by atoms with Crippen LogP contribution in [0.4, 0.5) is 0 Å². The average molecular weight is 184 g/mol. The van der Waals surface area contributed by atoms with Crippen LogP contribution < -0.4 is 5.73 Å². The Morgan fingerprint density at radius 3 is 2.46 bits per heavy atom. The Balaban J connectivity index is 2.14. The summed E-state index contributed by atoms with van der Waals surface area (Å²) in [6, 6.07) is 0. The Kier molecular flexibility index (Phi) is 3.74. The van der Waals surface area contributed by atoms with E-state index >= 15 is 0 Å². The minimum Gasteiger partial charge on any atom is -0.323 e. The number of nitrogens with zero attached hydrogens (tertiary/aromatic N) is 1. The Morgan fingerprint density at radius 2 is 2.00 bits per heavy atom. The summed E-state index contributed by atoms with van der Waals surface area (Å²) in [6.07, 6.45) is 3.77. The summed E-state index contributed by atoms with van der Waals surface area (Å²) in [5.41, 5.74) is 6.25. The summed E-state index contributed by atoms with van der Waals surface area (Å²) in [4.78, 5) is 2.49. The summed E-state index contributed by atoms with van der Waals surface area (Å²) in [7, 11) is 0. The third-order valence-corrected chi connectivity index (χ3v) is 3.13. The molecule has 1 heterocycles. The zero-order valence-electron chi connectivity index (χ0n) is 9.34. The monoisotopic (exact) mass is 184 g/mol. The molecule has 2 heteroatoms. The van der Waals surface area contributed by atoms with Crippen LogP contribution in [0.3, 0.4) is 0 Å². The molecule has 1 aliphatic rings. The van der Waals surface area contributed by atoms with E-state index in [0.717, 1.165) is 25.4 Å². The second kappa shape index (κ2) is 4.43. The lowest BCUT2D eigenvalue weighted by Crippen LogP contribution is -2.67. The molecule has 1 unspecified atom stereocenters. The molecular formula is C11H24N2. The van der Waals surface area contributed by atoms with Crippen LogP contribution in [0, 0.1) is 5.92 Å². The van der Waals surface area contributed by atoms with Crippen molar-refractivity contribution in [3.05, 3.63) is 0 Å². The maximum absolute atomic E-state index is 6.10. The Hall–Kier alpha value is -0.0800. The van der Waals surface area contributed by atoms with Crippen LogP contribution in [0.15, 0.2) is 0 Å². The minimum atomic E-state index is 0.145. The predicted molar refractivity (Wildman–Crippen MR) is 57.7 cm³/mol. The van der Waals surface area contributed by atoms with Gasteiger partial charge in [-0.3, -0.25) is 4.90 Å². The molecular weight excluding hydrogens is 160 g/mol. The van der Waals surface area contributed by atoms with Gasteiger partial charge >= 0.3 is 0 Å². The van der Waals surface area contributed by atoms with Crippen molar-refractivity contribution in [2.45, 2.75) is 45.6 Å². The fourth-order valence-corrected chi connectivity index (χ4v) is 2.22. The van der Waals surface area contributed by atoms with Crippen molar-refractivity contribution in [2.24, 2.45) is 11.7 Å². The van der Waals surface area contributed by atoms with E-state index in [1.807, 2.05) is 0 Å². The second-order valence-corrected chi connectivity index (χ2v) is 4.78. The molecule has 0 aromatic heterocycles. The summed E-state index contributed by atoms with van der Waals surface area (Å²) < 4.78 is 0. The molecule has 78 valence electrons. The highest BCUT2D eigenvalue weighted by Crippen LogP contribution is 2.23. The first-order valence-corrected chi connectivity index (χ1v) is 5.61. The van der Waals surface area contributed by atoms with Crippen LogP contribution in [0.5, 0.6) is 0 Å². The normalized spacial score (nSPS) is 24.0. The quantitative estimate of drug-likeness (QED) is 0.706. The highest BCUT2D eigenvalue weighted by atomic mass is 15.2. The molecule has 1 aliphatic heterocycles. The topological polar surface area (TPSA) is 29.3 Å². The van der Waals surface area contributed by atoms with Gasteiger partial charge in [0.25, 0.3) is 0 Å². The molecule has 0 radical (unpaired) electrons. The van der Waals surface area contributed by atoms with Crippen LogP contribution in [0.1, 0.15) is 40.0 Å². The van der Waals surface area contributed by atoms with Crippen LogP contribution in [-0.4, -0.2) is 30.1 Å². The fourth-order valence-electron chi connectivity index (χ4n) is 2.22. The molecule has 0 saturated carbocycles. The highest BCUT2D eigenvalue weighted by Gasteiger charge is 2.37. The van der Waals surface area contributed by atoms with Gasteiger partial charge in [-0.15, -0.1) is 0 Å². The Bertz CT molecular complexity index is 150. The van der Waals surface area contributed by atoms with E-state index in [2.05, 4.69) is 25.7 Å². The first-order valence-electron chi connectivity index (χ1n) is 5.61. The van der Waals surface area contributed by atoms with Crippen LogP contribution in [0.25, 0.3) is 0 Å². The van der Waals surface area contributed by atoms with Gasteiger partial charge in [-0.1, -0.05) is 27.2 Å². The summed E-state index contributed by atoms with van der Waals surface area (Å²) in [5, 5.41) is 0. The highest BCUT2D eigenvalue weighted by molar-refractivity contribution is 4.98. The molecule has 1 atom stereocenters. The lowest BCUT2D eigenvalue weighted by atomic mass is 9.87. The van der Waals surface area contributed by atoms with Gasteiger partial charge in [0.05, 0.1) is 0 Å². The summed E-state index contributed by atoms with van der Waals surface area (Å²) >= 11 is 0. The van der Waals surface area contributed by atoms with Gasteiger partial charge in [-0.25, -0.2) is 0 Å². The van der Waals surface area contributed by atoms with E-state index in [0.29, 0.717) is 0 Å². The van der Waals surface area contributed by atoms with Crippen molar-refractivity contribution in [2.75, 3.05) is 19.6 Å². The van der Waals surface area contributed by atoms with Gasteiger partial charge in [0, 0.05) is 25.2 Å². The molecule has 0 aromatic carbocycles. The molecule has 0 bridgehead atoms. The third-order valence-electron chi connectivity index (χ3n) is 3.13. The smallest absolute Gasteiger partial charge is 0.0409 e. The van der Waals surface area contributed by atoms with E-state index in [-0.39, 0.29) is 5.54 Å². The number of hydrogen-bond acceptors (Lipinski definition) is 2. The van der Waals surface area contributed by atoms with Crippen LogP contribution >= 0.6 is 0 Å². The zero-order chi connectivity index (χ0) is 9.90. The maximum atomic E-state index is 6.10. The number of rotatable bonds is 5. The molecule has 0 amide bonds. The SMILES string of the molecule is CCCC(C)CN1CC(N)(CC)C1. The van der Waals surface area contributed by atoms with Gasteiger partial charge < -0.3 is 5.73 Å². The van der Waals surface area contributed by atoms with Crippen LogP contribution in [0.2, 0.25) is 0 Å². The van der Waals surface area contributed by atoms with Gasteiger partial charge in [0.2, 0.25) is 0 Å². The molecule has 0 spiro atoms. The first-order chi connectivity index (χ1) is 6.09. The van der Waals surface area contributed by atoms with Gasteiger partial charge in [0.15, 0.2) is 0 Å². The molecule has 0 aliphatic carbocycles. The van der Waals surface area contributed by atoms with Gasteiger partial charge in [0.1, 0.15) is 0 Å². The first kappa shape index (κ1) is 11.0. The van der Waals surface area contributed by atoms with Crippen molar-refractivity contribution in [3.8, 4) is 0 Å². The molecule has 0 aromatic rings. The fraction of sp³-hybridized carbons (Fsp3) is 1.00. The second-order valence-electron chi connectivity index (χ2n) is 4.78. The lowest BCUT2D eigenvalue weighted by Gasteiger charge is -2.48. The standard InChI is InChI=1S/C11H24N2/c1-4-6-10(3)7-13-8-11(12,5-2)9-13/h10H,4-9,12H2,1-3H3. The predicted octanol–water partition coefficient (Wildman–Crippen LogP) is 1.85. The Morgan fingerprint density at radius 1 is 1.38 bits per heavy atom. The Labute approximate surface area is 82.5 Å². The van der Waals surface area contributed by atoms with Crippen molar-refractivity contribution < 1.29 is 0 Å². The molecule has 2 nitrogen and oxygen atoms in total. The van der Waals surface area contributed by atoms with Crippen molar-refractivity contribution in [1.29, 1.82) is 0 Å². The van der Waals surface area contributed by atoms with Crippen molar-refractivity contribution in [1.82, 2.24) is 4.90 Å². The van der Waals surface area contributed by atoms with E-state index in [9.17, 15) is 0 Å². The van der Waals surface area contributed by atoms with E-state index in [1.54, 1.807) is 0 Å². The molecule has 13 heavy (non-hydrogen) atoms. The minimum absolute atomic E-state index is 0.145. The molecule has 1 rings (SSSR count). The average Bonchev–Trinajstić information content (AvgIpc) is 2.02. The molecule has 1 fully saturated rings. The van der Waals surface area contributed by atoms with E-state index in [4.69, 9.17) is 5.73 Å². The van der Waals surface area contributed by atoms with E-state index in [1.165, 1.54) is 19.4 Å². The summed E-state index contributed by atoms with van der Waals surface area (Å²) in [6.45, 7) is 10.2. The zero-order valence-corrected chi connectivity index (χ0v) is 9.34. The van der Waals surface area contributed by atoms with Gasteiger partial charge in [-0.2, -0.15) is 0 Å².